The van der Waals surface area contributed by atoms with Gasteiger partial charge in [-0.3, -0.25) is 0 Å². The Kier molecular flexibility index (Phi) is 8.34. The van der Waals surface area contributed by atoms with Crippen molar-refractivity contribution >= 4 is 40.9 Å². The van der Waals surface area contributed by atoms with Crippen LogP contribution in [0.2, 0.25) is 0 Å². The number of anilines is 2. The Balaban J connectivity index is 1.000. The van der Waals surface area contributed by atoms with Crippen LogP contribution in [0, 0.1) is 0 Å². The number of allylic oxidation sites excluding steroid dienone is 4. The molecule has 1 nitrogen and oxygen atoms in total. The second-order valence-electron chi connectivity index (χ2n) is 16.1. The first kappa shape index (κ1) is 35.1. The number of fused-ring (bicyclic) bond motifs is 7. The number of rotatable bonds is 7. The maximum absolute atomic E-state index is 2.58. The van der Waals surface area contributed by atoms with E-state index in [9.17, 15) is 0 Å². The molecule has 4 aliphatic rings. The van der Waals surface area contributed by atoms with Crippen molar-refractivity contribution in [3.8, 4) is 11.1 Å². The zero-order valence-corrected chi connectivity index (χ0v) is 33.9. The lowest BCUT2D eigenvalue weighted by molar-refractivity contribution is 0.484. The Hall–Kier alpha value is -6.09. The lowest BCUT2D eigenvalue weighted by atomic mass is 9.67. The molecule has 0 bridgehead atoms. The minimum Gasteiger partial charge on any atom is -0.312 e. The molecule has 0 saturated heterocycles. The second kappa shape index (κ2) is 13.8. The fourth-order valence-corrected chi connectivity index (χ4v) is 12.0. The highest BCUT2D eigenvalue weighted by Gasteiger charge is 2.47. The third-order valence-electron chi connectivity index (χ3n) is 13.6. The molecule has 0 radical (unpaired) electrons. The van der Waals surface area contributed by atoms with E-state index < -0.39 is 5.41 Å². The quantitative estimate of drug-likeness (QED) is 0.149. The van der Waals surface area contributed by atoms with Crippen LogP contribution in [0.4, 0.5) is 11.4 Å². The van der Waals surface area contributed by atoms with E-state index in [-0.39, 0.29) is 5.41 Å². The molecule has 1 heterocycles. The maximum atomic E-state index is 2.58. The average Bonchev–Trinajstić information content (AvgIpc) is 3.75. The van der Waals surface area contributed by atoms with Crippen molar-refractivity contribution in [1.29, 1.82) is 0 Å². The Morgan fingerprint density at radius 3 is 1.86 bits per heavy atom. The highest BCUT2D eigenvalue weighted by Crippen LogP contribution is 2.59. The molecule has 58 heavy (non-hydrogen) atoms. The van der Waals surface area contributed by atoms with Gasteiger partial charge in [-0.15, -0.1) is 0 Å². The van der Waals surface area contributed by atoms with Crippen LogP contribution in [0.25, 0.3) is 28.9 Å². The van der Waals surface area contributed by atoms with Crippen molar-refractivity contribution < 1.29 is 0 Å². The van der Waals surface area contributed by atoms with Crippen molar-refractivity contribution in [3.63, 3.8) is 0 Å². The van der Waals surface area contributed by atoms with Gasteiger partial charge in [0.1, 0.15) is 0 Å². The molecule has 1 aliphatic heterocycles. The van der Waals surface area contributed by atoms with Gasteiger partial charge in [0.15, 0.2) is 0 Å². The number of benzene rings is 7. The molecular formula is C56H45NS. The van der Waals surface area contributed by atoms with E-state index in [2.05, 4.69) is 207 Å². The first-order chi connectivity index (χ1) is 28.7. The first-order valence-electron chi connectivity index (χ1n) is 20.9. The predicted molar refractivity (Wildman–Crippen MR) is 245 cm³/mol. The van der Waals surface area contributed by atoms with Gasteiger partial charge in [0.25, 0.3) is 0 Å². The van der Waals surface area contributed by atoms with E-state index in [1.54, 1.807) is 5.57 Å². The first-order valence-corrected chi connectivity index (χ1v) is 21.7. The van der Waals surface area contributed by atoms with Crippen molar-refractivity contribution in [2.75, 3.05) is 4.90 Å². The van der Waals surface area contributed by atoms with Crippen LogP contribution in [0.1, 0.15) is 84.0 Å². The van der Waals surface area contributed by atoms with Crippen LogP contribution in [-0.4, -0.2) is 0 Å². The smallest absolute Gasteiger partial charge is 0.0713 e. The van der Waals surface area contributed by atoms with Gasteiger partial charge in [0.05, 0.1) is 16.8 Å². The third kappa shape index (κ3) is 5.04. The summed E-state index contributed by atoms with van der Waals surface area (Å²) in [4.78, 5) is 5.20. The molecular weight excluding hydrogens is 719 g/mol. The molecule has 3 aliphatic carbocycles. The van der Waals surface area contributed by atoms with E-state index in [4.69, 9.17) is 0 Å². The highest BCUT2D eigenvalue weighted by atomic mass is 32.2. The molecule has 7 aromatic rings. The van der Waals surface area contributed by atoms with Crippen molar-refractivity contribution in [2.24, 2.45) is 0 Å². The predicted octanol–water partition coefficient (Wildman–Crippen LogP) is 15.0. The Bertz CT molecular complexity index is 2750. The summed E-state index contributed by atoms with van der Waals surface area (Å²) in [5, 5.41) is 0. The normalized spacial score (nSPS) is 16.6. The molecule has 0 fully saturated rings. The van der Waals surface area contributed by atoms with Gasteiger partial charge in [-0.2, -0.15) is 0 Å². The number of para-hydroxylation sites is 2. The van der Waals surface area contributed by atoms with Crippen LogP contribution < -0.4 is 4.90 Å². The molecule has 2 heteroatoms. The van der Waals surface area contributed by atoms with Gasteiger partial charge in [-0.05, 0) is 123 Å². The average molecular weight is 764 g/mol. The zero-order chi connectivity index (χ0) is 38.8. The third-order valence-corrected chi connectivity index (χ3v) is 14.7. The van der Waals surface area contributed by atoms with Gasteiger partial charge in [-0.1, -0.05) is 183 Å². The molecule has 7 aromatic carbocycles. The van der Waals surface area contributed by atoms with E-state index in [1.807, 2.05) is 11.8 Å². The standard InChI is InChI=1S/C56H45NS/c1-3-55(4-2)48-36-38(31-34-43(48)44-35-33-42(37-49(44)55)57-50-26-13-15-28-52(50)58-53-29-16-14-27-51(53)57)30-32-39-18-17-25-47-54(39)45-23-11-12-24-46(45)56(47,40-19-7-5-8-20-40)41-21-9-6-10-22-41/h5-32,34,36-37H,3-4,33,35H2,1-2H3/b32-30+. The summed E-state index contributed by atoms with van der Waals surface area (Å²) in [6.07, 6.45) is 11.5. The van der Waals surface area contributed by atoms with Crippen LogP contribution in [0.15, 0.2) is 197 Å². The van der Waals surface area contributed by atoms with Crippen molar-refractivity contribution in [3.05, 3.63) is 232 Å². The summed E-state index contributed by atoms with van der Waals surface area (Å²) in [5.41, 5.74) is 20.0. The molecule has 280 valence electrons. The topological polar surface area (TPSA) is 3.24 Å². The minimum absolute atomic E-state index is 0.0261. The molecule has 0 aromatic heterocycles. The Labute approximate surface area is 347 Å². The summed E-state index contributed by atoms with van der Waals surface area (Å²) in [6.45, 7) is 4.79. The maximum Gasteiger partial charge on any atom is 0.0713 e. The SMILES string of the molecule is CCC1(CC)C2=C(CCC(N3c4ccccc4Sc4ccccc43)=C2)c2ccc(/C=C/c3cccc4c3-c3ccccc3C4(c3ccccc3)c3ccccc3)cc21. The monoisotopic (exact) mass is 763 g/mol. The van der Waals surface area contributed by atoms with E-state index >= 15 is 0 Å². The van der Waals surface area contributed by atoms with Gasteiger partial charge < -0.3 is 4.90 Å². The van der Waals surface area contributed by atoms with Gasteiger partial charge in [0, 0.05) is 20.9 Å². The fourth-order valence-electron chi connectivity index (χ4n) is 10.9. The summed E-state index contributed by atoms with van der Waals surface area (Å²) in [6, 6.07) is 63.3. The van der Waals surface area contributed by atoms with Gasteiger partial charge in [0.2, 0.25) is 0 Å². The van der Waals surface area contributed by atoms with Crippen LogP contribution >= 0.6 is 11.8 Å². The molecule has 0 atom stereocenters. The van der Waals surface area contributed by atoms with E-state index in [1.165, 1.54) is 88.1 Å². The molecule has 0 spiro atoms. The Morgan fingerprint density at radius 2 is 1.17 bits per heavy atom. The minimum atomic E-state index is -0.401. The summed E-state index contributed by atoms with van der Waals surface area (Å²) in [5.74, 6) is 0. The lowest BCUT2D eigenvalue weighted by Gasteiger charge is -2.38. The summed E-state index contributed by atoms with van der Waals surface area (Å²) in [7, 11) is 0. The Morgan fingerprint density at radius 1 is 0.552 bits per heavy atom. The number of hydrogen-bond donors (Lipinski definition) is 0. The summed E-state index contributed by atoms with van der Waals surface area (Å²) >= 11 is 1.89. The fraction of sp³-hybridized carbons (Fsp3) is 0.143. The van der Waals surface area contributed by atoms with Crippen LogP contribution in [0.3, 0.4) is 0 Å². The second-order valence-corrected chi connectivity index (χ2v) is 17.2. The highest BCUT2D eigenvalue weighted by molar-refractivity contribution is 7.99. The lowest BCUT2D eigenvalue weighted by Crippen LogP contribution is -2.28. The molecule has 11 rings (SSSR count). The number of nitrogens with zero attached hydrogens (tertiary/aromatic N) is 1. The zero-order valence-electron chi connectivity index (χ0n) is 33.1. The summed E-state index contributed by atoms with van der Waals surface area (Å²) < 4.78 is 0. The van der Waals surface area contributed by atoms with Crippen LogP contribution in [0.5, 0.6) is 0 Å². The van der Waals surface area contributed by atoms with Gasteiger partial charge >= 0.3 is 0 Å². The largest absolute Gasteiger partial charge is 0.312 e. The van der Waals surface area contributed by atoms with E-state index in [0.717, 1.165) is 25.7 Å². The van der Waals surface area contributed by atoms with Crippen molar-refractivity contribution in [2.45, 2.75) is 60.2 Å². The molecule has 0 unspecified atom stereocenters. The van der Waals surface area contributed by atoms with Crippen LogP contribution in [-0.2, 0) is 10.8 Å². The molecule has 0 saturated carbocycles. The molecule has 0 amide bonds. The van der Waals surface area contributed by atoms with E-state index in [0.29, 0.717) is 0 Å². The molecule has 0 N–H and O–H groups in total. The van der Waals surface area contributed by atoms with Crippen molar-refractivity contribution in [1.82, 2.24) is 0 Å². The van der Waals surface area contributed by atoms with Gasteiger partial charge in [-0.25, -0.2) is 0 Å². The number of hydrogen-bond acceptors (Lipinski definition) is 2.